The van der Waals surface area contributed by atoms with Gasteiger partial charge in [-0.1, -0.05) is 102 Å². The number of benzene rings is 8. The third-order valence-corrected chi connectivity index (χ3v) is 27.6. The number of fused-ring (bicyclic) bond motifs is 3. The van der Waals surface area contributed by atoms with Crippen LogP contribution >= 0.6 is 11.3 Å². The Kier molecular flexibility index (Phi) is 36.8. The quantitative estimate of drug-likeness (QED) is 0.0262. The standard InChI is InChI=1S/C37H43F3N4O3.C36H41F3N4O3.C36H47N7OS.CH4/c1-26(45)23-33(41-25-28-5-3-2-4-6-28)30-11-16-35-34(24-30)42-36(29-9-12-31(13-10-29)43-19-21-46-22-20-43)44(35)18-17-27-7-14-32(15-8-27)47-37(38,39)40;1-25(44)21-32(40-23-26-5-3-2-4-6-26)29-11-16-34-33(22-29)41-35(28-9-12-30(13-10-28)42-17-19-45-20-18-42)43(34)24-27-7-14-31(15-8-27)46-36(37,38)39;1-6-19-42(20-7-2)29-12-9-27(10-13-29)36-39-33-24-28(11-15-34(33)43(36)22-8-21-41(4)5)32(23-26(3)44)37-25-30-14-16-35(45-30)31-17-18-38-40-31;/h7-16,24,28,33,41H,2-6,17-23,25H2,1H3;7-16,22,26,32,40H,2-6,17-21,23-24H2,1H3;9-18,24,32,37H,6-8,19-23,25H2,1-5H3,(H,38,40);1H4. The SMILES string of the molecule is C.CC(=O)CC(NCC1CCCCC1)c1ccc2c(c1)nc(-c1ccc(N3CCOCC3)cc1)n2CCc1ccc(OC(F)(F)F)cc1.CC(=O)CC(NCC1CCCCC1)c1ccc2c(c1)nc(-c1ccc(N3CCOCC3)cc1)n2Cc1ccc(OC(F)(F)F)cc1.CCCN(CCC)c1ccc(-c2nc3cc(C(CC(C)=O)NCc4ccc(-c5ccn[nH]5)s4)ccc3n2CCCN(C)C)cc1. The second kappa shape index (κ2) is 49.5. The first kappa shape index (κ1) is 103. The lowest BCUT2D eigenvalue weighted by Gasteiger charge is -2.28. The second-order valence-corrected chi connectivity index (χ2v) is 38.5. The maximum Gasteiger partial charge on any atom is 0.573 e. The summed E-state index contributed by atoms with van der Waals surface area (Å²) in [4.78, 5) is 64.1. The summed E-state index contributed by atoms with van der Waals surface area (Å²) in [7, 11) is 4.24. The molecule has 2 saturated heterocycles. The molecule has 22 nitrogen and oxygen atoms in total. The number of nitrogens with one attached hydrogen (secondary N) is 4. The molecule has 0 bridgehead atoms. The van der Waals surface area contributed by atoms with Crippen molar-refractivity contribution in [2.75, 3.05) is 114 Å². The Hall–Kier alpha value is -11.6. The number of imidazole rings is 3. The second-order valence-electron chi connectivity index (χ2n) is 37.4. The minimum atomic E-state index is -4.74. The number of ketones is 3. The average Bonchev–Trinajstić information content (AvgIpc) is 1.63. The smallest absolute Gasteiger partial charge is 0.406 e. The van der Waals surface area contributed by atoms with Crippen LogP contribution < -0.4 is 40.1 Å². The predicted octanol–water partition coefficient (Wildman–Crippen LogP) is 23.7. The first-order valence-corrected chi connectivity index (χ1v) is 49.9. The number of anilines is 3. The summed E-state index contributed by atoms with van der Waals surface area (Å²) in [5.74, 6) is 3.78. The predicted molar refractivity (Wildman–Crippen MR) is 545 cm³/mol. The molecule has 139 heavy (non-hydrogen) atoms. The molecule has 8 aromatic carbocycles. The van der Waals surface area contributed by atoms with E-state index >= 15 is 0 Å². The van der Waals surface area contributed by atoms with Gasteiger partial charge in [0.25, 0.3) is 0 Å². The minimum absolute atomic E-state index is 0. The van der Waals surface area contributed by atoms with E-state index in [4.69, 9.17) is 24.4 Å². The topological polar surface area (TPSA) is 219 Å². The highest BCUT2D eigenvalue weighted by molar-refractivity contribution is 7.15. The number of rotatable bonds is 40. The van der Waals surface area contributed by atoms with Gasteiger partial charge in [0, 0.05) is 148 Å². The molecule has 4 aliphatic rings. The van der Waals surface area contributed by atoms with Crippen LogP contribution in [0.4, 0.5) is 43.4 Å². The Morgan fingerprint density at radius 1 is 0.489 bits per heavy atom. The number of aromatic amines is 1. The lowest BCUT2D eigenvalue weighted by atomic mass is 9.89. The average molecular weight is 1930 g/mol. The first-order chi connectivity index (χ1) is 66.8. The molecule has 0 radical (unpaired) electrons. The molecular weight excluding hydrogens is 1790 g/mol. The van der Waals surface area contributed by atoms with Gasteiger partial charge in [-0.25, -0.2) is 15.0 Å². The number of aryl methyl sites for hydroxylation is 3. The normalized spacial score (nSPS) is 15.3. The van der Waals surface area contributed by atoms with Crippen LogP contribution in [0.2, 0.25) is 0 Å². The van der Waals surface area contributed by atoms with Crippen LogP contribution in [-0.4, -0.2) is 173 Å². The number of hydrogen-bond donors (Lipinski definition) is 4. The molecule has 3 unspecified atom stereocenters. The number of Topliss-reactive ketones (excluding diaryl/α,β-unsaturated/α-hetero) is 3. The van der Waals surface area contributed by atoms with Crippen LogP contribution in [0.25, 0.3) is 77.8 Å². The molecule has 4 fully saturated rings. The van der Waals surface area contributed by atoms with Crippen LogP contribution in [0.1, 0.15) is 196 Å². The zero-order valence-electron chi connectivity index (χ0n) is 80.4. The van der Waals surface area contributed by atoms with Crippen molar-refractivity contribution < 1.29 is 59.7 Å². The van der Waals surface area contributed by atoms with Crippen LogP contribution in [-0.2, 0) is 56.5 Å². The Bertz CT molecular complexity index is 6050. The first-order valence-electron chi connectivity index (χ1n) is 49.1. The molecule has 0 spiro atoms. The molecule has 740 valence electrons. The summed E-state index contributed by atoms with van der Waals surface area (Å²) >= 11 is 1.73. The van der Waals surface area contributed by atoms with Crippen molar-refractivity contribution in [3.05, 3.63) is 233 Å². The van der Waals surface area contributed by atoms with Gasteiger partial charge in [-0.05, 0) is 297 Å². The molecule has 2 aliphatic heterocycles. The van der Waals surface area contributed by atoms with E-state index in [9.17, 15) is 40.7 Å². The molecule has 5 aromatic heterocycles. The number of aromatic nitrogens is 8. The van der Waals surface area contributed by atoms with Crippen molar-refractivity contribution in [1.29, 1.82) is 0 Å². The van der Waals surface area contributed by atoms with Crippen molar-refractivity contribution in [2.45, 2.75) is 208 Å². The number of nitrogens with zero attached hydrogens (tertiary/aromatic N) is 11. The van der Waals surface area contributed by atoms with Crippen LogP contribution in [0.15, 0.2) is 200 Å². The Labute approximate surface area is 817 Å². The third kappa shape index (κ3) is 29.1. The van der Waals surface area contributed by atoms with Gasteiger partial charge < -0.3 is 68.2 Å². The number of hydrogen-bond acceptors (Lipinski definition) is 19. The van der Waals surface area contributed by atoms with Gasteiger partial charge in [0.2, 0.25) is 0 Å². The zero-order chi connectivity index (χ0) is 96.7. The van der Waals surface area contributed by atoms with Gasteiger partial charge in [-0.2, -0.15) is 5.10 Å². The molecule has 17 rings (SSSR count). The molecule has 29 heteroatoms. The summed E-state index contributed by atoms with van der Waals surface area (Å²) in [5.41, 5.74) is 18.0. The van der Waals surface area contributed by atoms with Crippen LogP contribution in [0, 0.1) is 11.8 Å². The molecular formula is C110H135F6N15O7S. The summed E-state index contributed by atoms with van der Waals surface area (Å²) < 4.78 is 102. The van der Waals surface area contributed by atoms with Crippen molar-refractivity contribution in [1.82, 2.24) is 59.7 Å². The lowest BCUT2D eigenvalue weighted by molar-refractivity contribution is -0.275. The number of ether oxygens (including phenoxy) is 4. The molecule has 3 atom stereocenters. The fourth-order valence-electron chi connectivity index (χ4n) is 19.4. The largest absolute Gasteiger partial charge is 0.573 e. The Balaban J connectivity index is 0.000000166. The van der Waals surface area contributed by atoms with Crippen molar-refractivity contribution in [3.8, 4) is 56.2 Å². The number of alkyl halides is 6. The molecule has 13 aromatic rings. The monoisotopic (exact) mass is 1920 g/mol. The molecule has 4 N–H and O–H groups in total. The van der Waals surface area contributed by atoms with E-state index in [0.717, 1.165) is 202 Å². The van der Waals surface area contributed by atoms with Gasteiger partial charge in [-0.3, -0.25) is 19.5 Å². The van der Waals surface area contributed by atoms with E-state index < -0.39 is 12.7 Å². The van der Waals surface area contributed by atoms with Gasteiger partial charge in [0.15, 0.2) is 0 Å². The van der Waals surface area contributed by atoms with E-state index in [0.29, 0.717) is 83.6 Å². The fraction of sp³-hybridized carbons (Fsp3) is 0.445. The highest BCUT2D eigenvalue weighted by atomic mass is 32.1. The van der Waals surface area contributed by atoms with Gasteiger partial charge in [-0.15, -0.1) is 37.7 Å². The van der Waals surface area contributed by atoms with E-state index in [-0.39, 0.29) is 54.4 Å². The van der Waals surface area contributed by atoms with Gasteiger partial charge >= 0.3 is 12.7 Å². The summed E-state index contributed by atoms with van der Waals surface area (Å²) in [6.45, 7) is 23.1. The highest BCUT2D eigenvalue weighted by Crippen LogP contribution is 2.39. The zero-order valence-corrected chi connectivity index (χ0v) is 81.3. The van der Waals surface area contributed by atoms with E-state index in [1.807, 2.05) is 12.1 Å². The Morgan fingerprint density at radius 2 is 0.906 bits per heavy atom. The minimum Gasteiger partial charge on any atom is -0.406 e. The molecule has 0 amide bonds. The summed E-state index contributed by atoms with van der Waals surface area (Å²) in [6, 6.07) is 62.6. The lowest BCUT2D eigenvalue weighted by Crippen LogP contribution is -2.36. The number of H-pyrrole nitrogens is 1. The van der Waals surface area contributed by atoms with Crippen molar-refractivity contribution in [3.63, 3.8) is 0 Å². The van der Waals surface area contributed by atoms with Crippen molar-refractivity contribution >= 4 is 78.8 Å². The molecule has 7 heterocycles. The Morgan fingerprint density at radius 3 is 1.32 bits per heavy atom. The number of carbonyl (C=O) groups excluding carboxylic acids is 3. The van der Waals surface area contributed by atoms with Gasteiger partial charge in [0.05, 0.1) is 70.1 Å². The highest BCUT2D eigenvalue weighted by Gasteiger charge is 2.33. The molecule has 2 saturated carbocycles. The van der Waals surface area contributed by atoms with E-state index in [1.54, 1.807) is 62.6 Å². The number of halogens is 6. The fourth-order valence-corrected chi connectivity index (χ4v) is 20.4. The maximum atomic E-state index is 12.7. The molecule has 2 aliphatic carbocycles. The van der Waals surface area contributed by atoms with Crippen LogP contribution in [0.5, 0.6) is 11.5 Å². The van der Waals surface area contributed by atoms with Crippen LogP contribution in [0.3, 0.4) is 0 Å². The summed E-state index contributed by atoms with van der Waals surface area (Å²) in [5, 5.41) is 18.2. The third-order valence-electron chi connectivity index (χ3n) is 26.5. The van der Waals surface area contributed by atoms with Crippen molar-refractivity contribution in [2.24, 2.45) is 11.8 Å². The number of thiophene rings is 1. The number of morpholine rings is 2. The van der Waals surface area contributed by atoms with E-state index in [2.05, 4.69) is 230 Å². The summed E-state index contributed by atoms with van der Waals surface area (Å²) in [6.07, 6.45) is 10.0. The van der Waals surface area contributed by atoms with E-state index in [1.165, 1.54) is 99.0 Å². The maximum absolute atomic E-state index is 12.7. The number of carbonyl (C=O) groups is 3. The van der Waals surface area contributed by atoms with Gasteiger partial charge in [0.1, 0.15) is 46.3 Å².